The molecule has 0 heterocycles. The molecule has 0 rings (SSSR count). The maximum Gasteiger partial charge on any atom is 0.377 e. The van der Waals surface area contributed by atoms with Crippen molar-refractivity contribution in [3.05, 3.63) is 0 Å². The monoisotopic (exact) mass is 654 g/mol. The normalized spacial score (nSPS) is 15.0. The van der Waals surface area contributed by atoms with Crippen molar-refractivity contribution in [2.45, 2.75) is 72.9 Å². The van der Waals surface area contributed by atoms with E-state index < -0.39 is 110 Å². The molecule has 1 N–H and O–H groups in total. The third-order valence-electron chi connectivity index (χ3n) is 4.44. The molecule has 0 aromatic rings. The van der Waals surface area contributed by atoms with E-state index in [2.05, 4.69) is 18.8 Å². The smallest absolute Gasteiger partial charge is 0.377 e. The molecule has 0 spiro atoms. The van der Waals surface area contributed by atoms with Gasteiger partial charge >= 0.3 is 60.3 Å². The van der Waals surface area contributed by atoms with Crippen LogP contribution in [0.15, 0.2) is 0 Å². The Morgan fingerprint density at radius 1 is 0.675 bits per heavy atom. The SMILES string of the molecule is O=C(CC(SOOO)C(=O)OCCC(F)(F)C(F)(F)C(F)(F)C(F)F)OCCC(F)(F)C(F)(F)C(F)(F)C(F)F. The Hall–Kier alpha value is -1.95. The molecular formula is C16H14F16O7S. The zero-order chi connectivity index (χ0) is 32.0. The van der Waals surface area contributed by atoms with Crippen molar-refractivity contribution in [3.63, 3.8) is 0 Å². The van der Waals surface area contributed by atoms with E-state index >= 15 is 0 Å². The summed E-state index contributed by atoms with van der Waals surface area (Å²) >= 11 is -0.474. The summed E-state index contributed by atoms with van der Waals surface area (Å²) in [6, 6.07) is 0. The fraction of sp³-hybridized carbons (Fsp3) is 0.875. The van der Waals surface area contributed by atoms with Crippen molar-refractivity contribution >= 4 is 24.0 Å². The van der Waals surface area contributed by atoms with Crippen molar-refractivity contribution in [3.8, 4) is 0 Å². The third kappa shape index (κ3) is 8.53. The molecule has 0 aromatic heterocycles. The molecule has 0 radical (unpaired) electrons. The van der Waals surface area contributed by atoms with Crippen LogP contribution in [0.25, 0.3) is 0 Å². The minimum absolute atomic E-state index is 0.474. The van der Waals surface area contributed by atoms with E-state index in [1.54, 1.807) is 0 Å². The van der Waals surface area contributed by atoms with Gasteiger partial charge in [-0.2, -0.15) is 52.7 Å². The zero-order valence-electron chi connectivity index (χ0n) is 18.6. The van der Waals surface area contributed by atoms with Gasteiger partial charge in [-0.15, -0.1) is 4.33 Å². The van der Waals surface area contributed by atoms with Gasteiger partial charge < -0.3 is 9.47 Å². The molecule has 24 heteroatoms. The van der Waals surface area contributed by atoms with Crippen molar-refractivity contribution in [2.75, 3.05) is 13.2 Å². The molecule has 238 valence electrons. The Labute approximate surface area is 215 Å². The van der Waals surface area contributed by atoms with Gasteiger partial charge in [-0.25, -0.2) is 22.8 Å². The molecule has 0 aliphatic rings. The lowest BCUT2D eigenvalue weighted by Crippen LogP contribution is -2.57. The van der Waals surface area contributed by atoms with E-state index in [0.29, 0.717) is 0 Å². The largest absolute Gasteiger partial charge is 0.465 e. The standard InChI is InChI=1S/C16H14F16O7S/c17-9(18)13(25,26)15(29,30)11(21,22)1-3-36-7(33)5-6(40-39-38-35)8(34)37-4-2-12(23,24)16(31,32)14(27,28)10(19)20/h6,9-10,35H,1-5H2. The predicted molar refractivity (Wildman–Crippen MR) is 93.6 cm³/mol. The van der Waals surface area contributed by atoms with Crippen molar-refractivity contribution in [1.82, 2.24) is 0 Å². The lowest BCUT2D eigenvalue weighted by molar-refractivity contribution is -0.432. The minimum Gasteiger partial charge on any atom is -0.465 e. The molecular weight excluding hydrogens is 640 g/mol. The fourth-order valence-electron chi connectivity index (χ4n) is 2.17. The van der Waals surface area contributed by atoms with Crippen LogP contribution in [0.3, 0.4) is 0 Å². The summed E-state index contributed by atoms with van der Waals surface area (Å²) in [5.74, 6) is -42.1. The number of halogens is 16. The van der Waals surface area contributed by atoms with Gasteiger partial charge in [0.25, 0.3) is 0 Å². The van der Waals surface area contributed by atoms with Crippen molar-refractivity contribution < 1.29 is 104 Å². The van der Waals surface area contributed by atoms with E-state index in [1.807, 2.05) is 0 Å². The third-order valence-corrected chi connectivity index (χ3v) is 5.18. The Kier molecular flexibility index (Phi) is 13.1. The van der Waals surface area contributed by atoms with Crippen LogP contribution in [-0.2, 0) is 28.4 Å². The summed E-state index contributed by atoms with van der Waals surface area (Å²) in [6.45, 7) is -3.81. The van der Waals surface area contributed by atoms with Crippen LogP contribution in [-0.4, -0.2) is 84.0 Å². The average molecular weight is 654 g/mol. The highest BCUT2D eigenvalue weighted by Gasteiger charge is 2.76. The van der Waals surface area contributed by atoms with Crippen molar-refractivity contribution in [1.29, 1.82) is 0 Å². The Bertz CT molecular complexity index is 842. The van der Waals surface area contributed by atoms with Gasteiger partial charge in [0.15, 0.2) is 0 Å². The Balaban J connectivity index is 5.20. The number of alkyl halides is 16. The van der Waals surface area contributed by atoms with Gasteiger partial charge in [-0.1, -0.05) is 5.04 Å². The van der Waals surface area contributed by atoms with E-state index in [1.165, 1.54) is 0 Å². The maximum absolute atomic E-state index is 13.4. The molecule has 0 saturated heterocycles. The van der Waals surface area contributed by atoms with E-state index in [9.17, 15) is 79.8 Å². The lowest BCUT2D eigenvalue weighted by Gasteiger charge is -2.32. The number of rotatable bonds is 18. The number of carbonyl (C=O) groups is 2. The van der Waals surface area contributed by atoms with Crippen molar-refractivity contribution in [2.24, 2.45) is 0 Å². The number of carbonyl (C=O) groups excluding carboxylic acids is 2. The van der Waals surface area contributed by atoms with Gasteiger partial charge in [-0.3, -0.25) is 9.59 Å². The topological polar surface area (TPSA) is 91.3 Å². The highest BCUT2D eigenvalue weighted by Crippen LogP contribution is 2.51. The average Bonchev–Trinajstić information content (AvgIpc) is 2.80. The number of esters is 2. The molecule has 7 nitrogen and oxygen atoms in total. The molecule has 1 atom stereocenters. The summed E-state index contributed by atoms with van der Waals surface area (Å²) < 4.78 is 217. The molecule has 0 aromatic carbocycles. The number of hydrogen-bond donors (Lipinski definition) is 1. The first-order chi connectivity index (χ1) is 17.8. The summed E-state index contributed by atoms with van der Waals surface area (Å²) in [7, 11) is 0. The second-order valence-electron chi connectivity index (χ2n) is 7.22. The van der Waals surface area contributed by atoms with E-state index in [0.717, 1.165) is 0 Å². The highest BCUT2D eigenvalue weighted by molar-refractivity contribution is 7.95. The maximum atomic E-state index is 13.4. The van der Waals surface area contributed by atoms with Crippen LogP contribution >= 0.6 is 12.0 Å². The van der Waals surface area contributed by atoms with E-state index in [4.69, 9.17) is 5.26 Å². The quantitative estimate of drug-likeness (QED) is 0.0631. The number of hydrogen-bond acceptors (Lipinski definition) is 8. The second-order valence-corrected chi connectivity index (χ2v) is 8.12. The first-order valence-corrected chi connectivity index (χ1v) is 10.4. The second kappa shape index (κ2) is 13.8. The van der Waals surface area contributed by atoms with Crippen LogP contribution < -0.4 is 0 Å². The molecule has 0 bridgehead atoms. The molecule has 0 aliphatic carbocycles. The fourth-order valence-corrected chi connectivity index (χ4v) is 2.65. The zero-order valence-corrected chi connectivity index (χ0v) is 19.4. The van der Waals surface area contributed by atoms with Crippen LogP contribution in [0.4, 0.5) is 70.2 Å². The van der Waals surface area contributed by atoms with Gasteiger partial charge in [-0.05, 0) is 0 Å². The molecule has 0 saturated carbocycles. The van der Waals surface area contributed by atoms with Crippen LogP contribution in [0.5, 0.6) is 0 Å². The summed E-state index contributed by atoms with van der Waals surface area (Å²) in [5, 5.41) is 8.75. The van der Waals surface area contributed by atoms with Gasteiger partial charge in [0.1, 0.15) is 5.25 Å². The summed E-state index contributed by atoms with van der Waals surface area (Å²) in [6.07, 6.45) is -17.0. The van der Waals surface area contributed by atoms with Gasteiger partial charge in [0.05, 0.1) is 44.5 Å². The molecule has 0 amide bonds. The Morgan fingerprint density at radius 3 is 1.40 bits per heavy atom. The summed E-state index contributed by atoms with van der Waals surface area (Å²) in [5.41, 5.74) is 0. The molecule has 0 fully saturated rings. The summed E-state index contributed by atoms with van der Waals surface area (Å²) in [4.78, 5) is 23.4. The first kappa shape index (κ1) is 38.0. The van der Waals surface area contributed by atoms with E-state index in [-0.39, 0.29) is 0 Å². The first-order valence-electron chi connectivity index (χ1n) is 9.62. The lowest BCUT2D eigenvalue weighted by atomic mass is 10.0. The number of ether oxygens (including phenoxy) is 2. The van der Waals surface area contributed by atoms with Crippen LogP contribution in [0.1, 0.15) is 19.3 Å². The van der Waals surface area contributed by atoms with Crippen LogP contribution in [0, 0.1) is 0 Å². The van der Waals surface area contributed by atoms with Gasteiger partial charge in [0, 0.05) is 0 Å². The predicted octanol–water partition coefficient (Wildman–Crippen LogP) is 6.02. The van der Waals surface area contributed by atoms with Crippen LogP contribution in [0.2, 0.25) is 0 Å². The molecule has 0 aliphatic heterocycles. The highest BCUT2D eigenvalue weighted by atomic mass is 32.2. The van der Waals surface area contributed by atoms with Gasteiger partial charge in [0.2, 0.25) is 0 Å². The minimum atomic E-state index is -6.66. The molecule has 1 unspecified atom stereocenters. The molecule has 40 heavy (non-hydrogen) atoms. The Morgan fingerprint density at radius 2 is 1.05 bits per heavy atom.